The predicted molar refractivity (Wildman–Crippen MR) is 107 cm³/mol. The van der Waals surface area contributed by atoms with Gasteiger partial charge >= 0.3 is 0 Å². The van der Waals surface area contributed by atoms with Gasteiger partial charge in [0.05, 0.1) is 10.6 Å². The number of thiazole rings is 1. The molecule has 2 aromatic carbocycles. The molecule has 3 rings (SSSR count). The Morgan fingerprint density at radius 3 is 2.44 bits per heavy atom. The molecule has 0 radical (unpaired) electrons. The SMILES string of the molecule is Cc1nc(NS(=O)(=O)c2ccc(Cl)cc2)sc1C(=O)NCc1ccccc1. The molecule has 1 amide bonds. The Morgan fingerprint density at radius 2 is 1.78 bits per heavy atom. The van der Waals surface area contributed by atoms with Crippen molar-refractivity contribution in [3.63, 3.8) is 0 Å². The van der Waals surface area contributed by atoms with E-state index >= 15 is 0 Å². The van der Waals surface area contributed by atoms with E-state index in [-0.39, 0.29) is 15.9 Å². The highest BCUT2D eigenvalue weighted by atomic mass is 35.5. The first kappa shape index (κ1) is 19.3. The summed E-state index contributed by atoms with van der Waals surface area (Å²) in [7, 11) is -3.81. The minimum absolute atomic E-state index is 0.0647. The van der Waals surface area contributed by atoms with Gasteiger partial charge < -0.3 is 5.32 Å². The van der Waals surface area contributed by atoms with Crippen LogP contribution >= 0.6 is 22.9 Å². The van der Waals surface area contributed by atoms with E-state index in [2.05, 4.69) is 15.0 Å². The highest BCUT2D eigenvalue weighted by Gasteiger charge is 2.20. The van der Waals surface area contributed by atoms with E-state index in [9.17, 15) is 13.2 Å². The Bertz CT molecular complexity index is 1050. The number of anilines is 1. The Kier molecular flexibility index (Phi) is 5.79. The maximum absolute atomic E-state index is 12.4. The van der Waals surface area contributed by atoms with Gasteiger partial charge in [-0.3, -0.25) is 9.52 Å². The summed E-state index contributed by atoms with van der Waals surface area (Å²) >= 11 is 6.77. The quantitative estimate of drug-likeness (QED) is 0.633. The third-order valence-corrected chi connectivity index (χ3v) is 6.45. The van der Waals surface area contributed by atoms with Crippen LogP contribution in [0.3, 0.4) is 0 Å². The van der Waals surface area contributed by atoms with E-state index in [4.69, 9.17) is 11.6 Å². The summed E-state index contributed by atoms with van der Waals surface area (Å²) in [4.78, 5) is 17.0. The topological polar surface area (TPSA) is 88.2 Å². The first-order chi connectivity index (χ1) is 12.8. The van der Waals surface area contributed by atoms with Gasteiger partial charge in [0.1, 0.15) is 4.88 Å². The van der Waals surface area contributed by atoms with Crippen molar-refractivity contribution in [1.82, 2.24) is 10.3 Å². The lowest BCUT2D eigenvalue weighted by Gasteiger charge is -2.05. The molecule has 27 heavy (non-hydrogen) atoms. The summed E-state index contributed by atoms with van der Waals surface area (Å²) in [6, 6.07) is 15.3. The number of amides is 1. The zero-order valence-corrected chi connectivity index (χ0v) is 16.7. The van der Waals surface area contributed by atoms with Gasteiger partial charge in [-0.1, -0.05) is 53.3 Å². The number of aromatic nitrogens is 1. The molecule has 0 fully saturated rings. The zero-order chi connectivity index (χ0) is 19.4. The summed E-state index contributed by atoms with van der Waals surface area (Å²) in [5.74, 6) is -0.300. The van der Waals surface area contributed by atoms with E-state index in [0.29, 0.717) is 22.1 Å². The normalized spacial score (nSPS) is 11.2. The second-order valence-electron chi connectivity index (χ2n) is 5.66. The molecule has 3 aromatic rings. The van der Waals surface area contributed by atoms with E-state index in [1.165, 1.54) is 24.3 Å². The van der Waals surface area contributed by atoms with E-state index in [1.54, 1.807) is 6.92 Å². The molecular formula is C18H16ClN3O3S2. The fourth-order valence-electron chi connectivity index (χ4n) is 2.30. The van der Waals surface area contributed by atoms with Gasteiger partial charge in [-0.2, -0.15) is 0 Å². The van der Waals surface area contributed by atoms with Crippen molar-refractivity contribution < 1.29 is 13.2 Å². The number of carbonyl (C=O) groups excluding carboxylic acids is 1. The highest BCUT2D eigenvalue weighted by Crippen LogP contribution is 2.25. The lowest BCUT2D eigenvalue weighted by atomic mass is 10.2. The first-order valence-electron chi connectivity index (χ1n) is 7.93. The highest BCUT2D eigenvalue weighted by molar-refractivity contribution is 7.93. The fourth-order valence-corrected chi connectivity index (χ4v) is 4.54. The monoisotopic (exact) mass is 421 g/mol. The van der Waals surface area contributed by atoms with E-state index in [0.717, 1.165) is 16.9 Å². The van der Waals surface area contributed by atoms with Crippen molar-refractivity contribution in [3.05, 3.63) is 75.8 Å². The van der Waals surface area contributed by atoms with Crippen LogP contribution < -0.4 is 10.0 Å². The largest absolute Gasteiger partial charge is 0.347 e. The Morgan fingerprint density at radius 1 is 1.11 bits per heavy atom. The molecule has 0 unspecified atom stereocenters. The third kappa shape index (κ3) is 4.85. The number of sulfonamides is 1. The smallest absolute Gasteiger partial charge is 0.263 e. The Hall–Kier alpha value is -2.42. The molecule has 0 aliphatic rings. The average molecular weight is 422 g/mol. The van der Waals surface area contributed by atoms with Crippen LogP contribution in [0.2, 0.25) is 5.02 Å². The Balaban J connectivity index is 1.72. The second-order valence-corrected chi connectivity index (χ2v) is 8.78. The number of carbonyl (C=O) groups is 1. The molecule has 0 aliphatic carbocycles. The summed E-state index contributed by atoms with van der Waals surface area (Å²) in [5, 5.41) is 3.38. The minimum atomic E-state index is -3.81. The van der Waals surface area contributed by atoms with Crippen molar-refractivity contribution in [1.29, 1.82) is 0 Å². The lowest BCUT2D eigenvalue weighted by molar-refractivity contribution is 0.0954. The van der Waals surface area contributed by atoms with Gasteiger partial charge in [-0.05, 0) is 36.8 Å². The van der Waals surface area contributed by atoms with Crippen molar-refractivity contribution in [3.8, 4) is 0 Å². The van der Waals surface area contributed by atoms with E-state index < -0.39 is 10.0 Å². The molecule has 9 heteroatoms. The van der Waals surface area contributed by atoms with Crippen LogP contribution in [0.1, 0.15) is 20.9 Å². The number of hydrogen-bond donors (Lipinski definition) is 2. The number of aryl methyl sites for hydroxylation is 1. The molecule has 0 bridgehead atoms. The van der Waals surface area contributed by atoms with Crippen molar-refractivity contribution in [2.45, 2.75) is 18.4 Å². The summed E-state index contributed by atoms with van der Waals surface area (Å²) in [6.45, 7) is 2.04. The number of hydrogen-bond acceptors (Lipinski definition) is 5. The van der Waals surface area contributed by atoms with Crippen LogP contribution in [0.25, 0.3) is 0 Å². The molecule has 0 saturated heterocycles. The summed E-state index contributed by atoms with van der Waals surface area (Å²) in [6.07, 6.45) is 0. The molecule has 0 aliphatic heterocycles. The molecule has 2 N–H and O–H groups in total. The van der Waals surface area contributed by atoms with Gasteiger partial charge in [0.25, 0.3) is 15.9 Å². The van der Waals surface area contributed by atoms with Crippen LogP contribution in [-0.4, -0.2) is 19.3 Å². The molecule has 6 nitrogen and oxygen atoms in total. The fraction of sp³-hybridized carbons (Fsp3) is 0.111. The van der Waals surface area contributed by atoms with Gasteiger partial charge in [-0.15, -0.1) is 0 Å². The molecular weight excluding hydrogens is 406 g/mol. The number of nitrogens with one attached hydrogen (secondary N) is 2. The lowest BCUT2D eigenvalue weighted by Crippen LogP contribution is -2.22. The minimum Gasteiger partial charge on any atom is -0.347 e. The number of halogens is 1. The molecule has 1 heterocycles. The summed E-state index contributed by atoms with van der Waals surface area (Å²) < 4.78 is 27.3. The van der Waals surface area contributed by atoms with E-state index in [1.807, 2.05) is 30.3 Å². The van der Waals surface area contributed by atoms with Gasteiger partial charge in [0.2, 0.25) is 0 Å². The zero-order valence-electron chi connectivity index (χ0n) is 14.3. The summed E-state index contributed by atoms with van der Waals surface area (Å²) in [5.41, 5.74) is 1.43. The van der Waals surface area contributed by atoms with Gasteiger partial charge in [-0.25, -0.2) is 13.4 Å². The second kappa shape index (κ2) is 8.08. The number of rotatable bonds is 6. The maximum Gasteiger partial charge on any atom is 0.263 e. The predicted octanol–water partition coefficient (Wildman–Crippen LogP) is 3.84. The maximum atomic E-state index is 12.4. The van der Waals surface area contributed by atoms with Crippen LogP contribution in [0, 0.1) is 6.92 Å². The van der Waals surface area contributed by atoms with Crippen LogP contribution in [0.5, 0.6) is 0 Å². The Labute approximate surface area is 166 Å². The number of benzene rings is 2. The standard InChI is InChI=1S/C18H16ClN3O3S2/c1-12-16(17(23)20-11-13-5-3-2-4-6-13)26-18(21-12)22-27(24,25)15-9-7-14(19)8-10-15/h2-10H,11H2,1H3,(H,20,23)(H,21,22). The number of nitrogens with zero attached hydrogens (tertiary/aromatic N) is 1. The average Bonchev–Trinajstić information content (AvgIpc) is 3.00. The molecule has 0 atom stereocenters. The van der Waals surface area contributed by atoms with Crippen molar-refractivity contribution in [2.24, 2.45) is 0 Å². The third-order valence-electron chi connectivity index (χ3n) is 3.64. The van der Waals surface area contributed by atoms with Gasteiger partial charge in [0.15, 0.2) is 5.13 Å². The van der Waals surface area contributed by atoms with Crippen molar-refractivity contribution >= 4 is 44.0 Å². The van der Waals surface area contributed by atoms with Crippen LogP contribution in [0.4, 0.5) is 5.13 Å². The molecule has 1 aromatic heterocycles. The van der Waals surface area contributed by atoms with Crippen LogP contribution in [0.15, 0.2) is 59.5 Å². The molecule has 140 valence electrons. The van der Waals surface area contributed by atoms with Crippen LogP contribution in [-0.2, 0) is 16.6 Å². The molecule has 0 saturated carbocycles. The van der Waals surface area contributed by atoms with Gasteiger partial charge in [0, 0.05) is 11.6 Å². The van der Waals surface area contributed by atoms with Crippen molar-refractivity contribution in [2.75, 3.05) is 4.72 Å². The molecule has 0 spiro atoms. The first-order valence-corrected chi connectivity index (χ1v) is 10.6.